The van der Waals surface area contributed by atoms with Gasteiger partial charge in [0.2, 0.25) is 0 Å². The molecule has 0 amide bonds. The van der Waals surface area contributed by atoms with E-state index in [1.807, 2.05) is 0 Å². The second kappa shape index (κ2) is 55.1. The van der Waals surface area contributed by atoms with Crippen LogP contribution in [0.1, 0.15) is 206 Å². The maximum Gasteiger partial charge on any atom is 0.306 e. The predicted octanol–water partition coefficient (Wildman–Crippen LogP) is 17.9. The van der Waals surface area contributed by atoms with Gasteiger partial charge in [-0.25, -0.2) is 0 Å². The molecule has 0 heterocycles. The van der Waals surface area contributed by atoms with Gasteiger partial charge in [-0.3, -0.25) is 9.59 Å². The van der Waals surface area contributed by atoms with Crippen LogP contribution in [0.3, 0.4) is 0 Å². The predicted molar refractivity (Wildman–Crippen MR) is 287 cm³/mol. The molecule has 5 heteroatoms. The number of aliphatic hydroxyl groups is 1. The number of rotatable bonds is 46. The van der Waals surface area contributed by atoms with E-state index in [4.69, 9.17) is 9.47 Å². The number of hydrogen-bond acceptors (Lipinski definition) is 5. The fourth-order valence-corrected chi connectivity index (χ4v) is 6.74. The molecular formula is C61H96O5. The van der Waals surface area contributed by atoms with Crippen LogP contribution in [0, 0.1) is 0 Å². The largest absolute Gasteiger partial charge is 0.462 e. The summed E-state index contributed by atoms with van der Waals surface area (Å²) in [5.41, 5.74) is 0. The van der Waals surface area contributed by atoms with Crippen LogP contribution < -0.4 is 0 Å². The zero-order valence-electron chi connectivity index (χ0n) is 42.1. The monoisotopic (exact) mass is 909 g/mol. The number of carbonyl (C=O) groups is 2. The van der Waals surface area contributed by atoms with Crippen molar-refractivity contribution in [3.05, 3.63) is 146 Å². The van der Waals surface area contributed by atoms with E-state index < -0.39 is 6.10 Å². The lowest BCUT2D eigenvalue weighted by Gasteiger charge is -2.15. The molecule has 0 saturated heterocycles. The third-order valence-electron chi connectivity index (χ3n) is 10.6. The van der Waals surface area contributed by atoms with E-state index >= 15 is 0 Å². The van der Waals surface area contributed by atoms with Crippen molar-refractivity contribution in [3.8, 4) is 0 Å². The lowest BCUT2D eigenvalue weighted by Crippen LogP contribution is -2.28. The van der Waals surface area contributed by atoms with Crippen molar-refractivity contribution < 1.29 is 24.2 Å². The molecule has 0 aromatic rings. The number of carbonyl (C=O) groups excluding carboxylic acids is 2. The highest BCUT2D eigenvalue weighted by Gasteiger charge is 2.16. The number of unbranched alkanes of at least 4 members (excludes halogenated alkanes) is 14. The van der Waals surface area contributed by atoms with E-state index in [0.29, 0.717) is 12.8 Å². The van der Waals surface area contributed by atoms with Crippen LogP contribution in [-0.4, -0.2) is 36.4 Å². The Morgan fingerprint density at radius 2 is 0.606 bits per heavy atom. The van der Waals surface area contributed by atoms with Crippen molar-refractivity contribution in [1.82, 2.24) is 0 Å². The summed E-state index contributed by atoms with van der Waals surface area (Å²) in [6.07, 6.45) is 83.7. The van der Waals surface area contributed by atoms with Crippen LogP contribution in [0.5, 0.6) is 0 Å². The van der Waals surface area contributed by atoms with Crippen LogP contribution >= 0.6 is 0 Å². The Bertz CT molecular complexity index is 1450. The van der Waals surface area contributed by atoms with E-state index in [0.717, 1.165) is 135 Å². The Morgan fingerprint density at radius 3 is 0.909 bits per heavy atom. The summed E-state index contributed by atoms with van der Waals surface area (Å²) in [7, 11) is 0. The Labute approximate surface area is 406 Å². The molecule has 0 aliphatic rings. The molecule has 0 rings (SSSR count). The van der Waals surface area contributed by atoms with Gasteiger partial charge >= 0.3 is 11.9 Å². The van der Waals surface area contributed by atoms with Crippen molar-refractivity contribution in [2.45, 2.75) is 213 Å². The van der Waals surface area contributed by atoms with Gasteiger partial charge in [0, 0.05) is 12.8 Å². The normalized spacial score (nSPS) is 13.4. The molecule has 0 fully saturated rings. The summed E-state index contributed by atoms with van der Waals surface area (Å²) in [6, 6.07) is 0. The molecule has 0 aliphatic carbocycles. The fourth-order valence-electron chi connectivity index (χ4n) is 6.74. The molecule has 370 valence electrons. The van der Waals surface area contributed by atoms with Crippen LogP contribution in [0.25, 0.3) is 0 Å². The lowest BCUT2D eigenvalue weighted by atomic mass is 10.1. The van der Waals surface area contributed by atoms with Crippen molar-refractivity contribution in [3.63, 3.8) is 0 Å². The highest BCUT2D eigenvalue weighted by molar-refractivity contribution is 5.70. The van der Waals surface area contributed by atoms with E-state index in [9.17, 15) is 14.7 Å². The van der Waals surface area contributed by atoms with Crippen LogP contribution in [0.15, 0.2) is 146 Å². The van der Waals surface area contributed by atoms with Gasteiger partial charge in [0.1, 0.15) is 6.61 Å². The van der Waals surface area contributed by atoms with Gasteiger partial charge < -0.3 is 14.6 Å². The fraction of sp³-hybridized carbons (Fsp3) is 0.574. The number of esters is 2. The van der Waals surface area contributed by atoms with Crippen LogP contribution in [0.4, 0.5) is 0 Å². The average Bonchev–Trinajstić information content (AvgIpc) is 3.32. The van der Waals surface area contributed by atoms with E-state index in [1.165, 1.54) is 44.9 Å². The molecule has 0 bridgehead atoms. The quantitative estimate of drug-likeness (QED) is 0.0374. The number of hydrogen-bond donors (Lipinski definition) is 1. The third-order valence-corrected chi connectivity index (χ3v) is 10.6. The Hall–Kier alpha value is -4.22. The summed E-state index contributed by atoms with van der Waals surface area (Å²) in [4.78, 5) is 24.4. The van der Waals surface area contributed by atoms with Crippen molar-refractivity contribution in [2.75, 3.05) is 13.2 Å². The van der Waals surface area contributed by atoms with Gasteiger partial charge in [0.05, 0.1) is 6.61 Å². The minimum absolute atomic E-state index is 0.0859. The van der Waals surface area contributed by atoms with Crippen LogP contribution in [-0.2, 0) is 19.1 Å². The number of aliphatic hydroxyl groups excluding tert-OH is 1. The highest BCUT2D eigenvalue weighted by Crippen LogP contribution is 2.13. The number of allylic oxidation sites excluding steroid dienone is 24. The van der Waals surface area contributed by atoms with E-state index in [1.54, 1.807) is 0 Å². The molecule has 1 unspecified atom stereocenters. The first-order valence-electron chi connectivity index (χ1n) is 26.4. The molecule has 0 aromatic carbocycles. The number of ether oxygens (including phenoxy) is 2. The average molecular weight is 909 g/mol. The standard InChI is InChI=1S/C61H96O5/c1-3-5-7-9-11-13-15-17-19-20-21-22-23-24-25-26-27-28-29-30-31-32-33-34-35-36-37-38-39-40-42-44-46-48-50-52-54-56-61(64)66-59(57-62)58-65-60(63)55-53-51-49-47-45-43-41-18-16-14-12-10-8-6-4-2/h5-8,11-14,17-19,21-22,24-25,27-28,30-31,33-34,36-37,41,59,62H,3-4,9-10,15-16,20,23,26,29,32,35,38-40,42-58H2,1-2H3/b7-5-,8-6-,13-11-,14-12-,19-17-,22-21-,25-24-,28-27-,31-30-,34-33-,37-36-,41-18-. The molecule has 0 saturated carbocycles. The third kappa shape index (κ3) is 52.4. The summed E-state index contributed by atoms with van der Waals surface area (Å²) in [5, 5.41) is 9.62. The van der Waals surface area contributed by atoms with E-state index in [2.05, 4.69) is 160 Å². The van der Waals surface area contributed by atoms with Gasteiger partial charge in [-0.15, -0.1) is 0 Å². The molecule has 0 radical (unpaired) electrons. The topological polar surface area (TPSA) is 72.8 Å². The van der Waals surface area contributed by atoms with Gasteiger partial charge in [-0.2, -0.15) is 0 Å². The molecule has 1 N–H and O–H groups in total. The zero-order valence-corrected chi connectivity index (χ0v) is 42.1. The summed E-state index contributed by atoms with van der Waals surface area (Å²) in [6.45, 7) is 3.88. The molecule has 0 aliphatic heterocycles. The molecule has 0 spiro atoms. The first-order chi connectivity index (χ1) is 32.6. The van der Waals surface area contributed by atoms with Gasteiger partial charge in [-0.1, -0.05) is 224 Å². The Balaban J connectivity index is 3.61. The first-order valence-corrected chi connectivity index (χ1v) is 26.4. The maximum absolute atomic E-state index is 12.3. The van der Waals surface area contributed by atoms with Gasteiger partial charge in [-0.05, 0) is 116 Å². The molecule has 5 nitrogen and oxygen atoms in total. The molecule has 66 heavy (non-hydrogen) atoms. The van der Waals surface area contributed by atoms with Gasteiger partial charge in [0.25, 0.3) is 0 Å². The molecule has 1 atom stereocenters. The Kier molecular flexibility index (Phi) is 51.6. The second-order valence-electron chi connectivity index (χ2n) is 16.8. The molecular weight excluding hydrogens is 813 g/mol. The minimum Gasteiger partial charge on any atom is -0.462 e. The smallest absolute Gasteiger partial charge is 0.306 e. The van der Waals surface area contributed by atoms with Gasteiger partial charge in [0.15, 0.2) is 6.10 Å². The maximum atomic E-state index is 12.3. The van der Waals surface area contributed by atoms with Crippen molar-refractivity contribution in [2.24, 2.45) is 0 Å². The van der Waals surface area contributed by atoms with Crippen LogP contribution in [0.2, 0.25) is 0 Å². The second-order valence-corrected chi connectivity index (χ2v) is 16.8. The van der Waals surface area contributed by atoms with Crippen molar-refractivity contribution >= 4 is 11.9 Å². The zero-order chi connectivity index (χ0) is 47.7. The summed E-state index contributed by atoms with van der Waals surface area (Å²) < 4.78 is 10.6. The molecule has 0 aromatic heterocycles. The summed E-state index contributed by atoms with van der Waals surface area (Å²) >= 11 is 0. The van der Waals surface area contributed by atoms with E-state index in [-0.39, 0.29) is 25.2 Å². The minimum atomic E-state index is -0.793. The highest BCUT2D eigenvalue weighted by atomic mass is 16.6. The lowest BCUT2D eigenvalue weighted by molar-refractivity contribution is -0.161. The summed E-state index contributed by atoms with van der Waals surface area (Å²) in [5.74, 6) is -0.628. The SMILES string of the molecule is CC/C=C\C/C=C\C/C=C\C/C=C\C/C=C\C/C=C\C/C=C\C/C=C\C/C=C\CCCCCCCCCCCC(=O)OC(CO)COC(=O)CCCCCCC/C=C\C/C=C\C/C=C\CC. The first kappa shape index (κ1) is 61.8. The van der Waals surface area contributed by atoms with Crippen molar-refractivity contribution in [1.29, 1.82) is 0 Å². The Morgan fingerprint density at radius 1 is 0.348 bits per heavy atom.